The number of hydrogen-bond acceptors (Lipinski definition) is 4. The second-order valence-corrected chi connectivity index (χ2v) is 1.57. The summed E-state index contributed by atoms with van der Waals surface area (Å²) in [6.07, 6.45) is 2.49. The fraction of sp³-hybridized carbons (Fsp3) is 0. The molecule has 0 radical (unpaired) electrons. The lowest BCUT2D eigenvalue weighted by Gasteiger charge is -1.82. The highest BCUT2D eigenvalue weighted by atomic mass is 16.2. The van der Waals surface area contributed by atoms with E-state index in [0.717, 1.165) is 4.68 Å². The van der Waals surface area contributed by atoms with Crippen molar-refractivity contribution in [2.24, 2.45) is 4.99 Å². The highest BCUT2D eigenvalue weighted by molar-refractivity contribution is 6.30. The second-order valence-electron chi connectivity index (χ2n) is 1.57. The predicted molar refractivity (Wildman–Crippen MR) is 28.8 cm³/mol. The van der Waals surface area contributed by atoms with Crippen molar-refractivity contribution in [3.63, 3.8) is 0 Å². The number of carbonyl (C=O) groups is 1. The lowest BCUT2D eigenvalue weighted by Crippen LogP contribution is -2.06. The van der Waals surface area contributed by atoms with Gasteiger partial charge in [0.15, 0.2) is 0 Å². The number of hydrogen-bond donors (Lipinski definition) is 0. The summed E-state index contributed by atoms with van der Waals surface area (Å²) < 4.78 is 1.14. The van der Waals surface area contributed by atoms with E-state index in [1.54, 1.807) is 0 Å². The van der Waals surface area contributed by atoms with Gasteiger partial charge in [-0.2, -0.15) is 9.67 Å². The van der Waals surface area contributed by atoms with Gasteiger partial charge < -0.3 is 0 Å². The van der Waals surface area contributed by atoms with Gasteiger partial charge in [0.05, 0.1) is 6.21 Å². The zero-order valence-electron chi connectivity index (χ0n) is 4.35. The number of nitrogens with zero attached hydrogens (tertiary/aromatic N) is 4. The molecule has 0 bridgehead atoms. The van der Waals surface area contributed by atoms with Crippen molar-refractivity contribution >= 4 is 18.1 Å². The molecule has 1 aromatic heterocycles. The molecule has 1 aliphatic heterocycles. The molecular formula is C4H2N4O. The average molecular weight is 122 g/mol. The zero-order chi connectivity index (χ0) is 6.27. The molecule has 0 amide bonds. The molecule has 5 nitrogen and oxygen atoms in total. The Kier molecular flexibility index (Phi) is 0.606. The third kappa shape index (κ3) is 0.426. The van der Waals surface area contributed by atoms with Gasteiger partial charge in [-0.1, -0.05) is 0 Å². The van der Waals surface area contributed by atoms with Crippen LogP contribution in [0, 0.1) is 0 Å². The molecule has 0 fully saturated rings. The molecule has 0 aliphatic carbocycles. The molecule has 2 rings (SSSR count). The molecule has 1 aliphatic rings. The van der Waals surface area contributed by atoms with Crippen molar-refractivity contribution in [1.82, 2.24) is 14.8 Å². The number of aliphatic imine (C=N–C) groups is 1. The van der Waals surface area contributed by atoms with Crippen LogP contribution in [0.2, 0.25) is 0 Å². The Labute approximate surface area is 50.0 Å². The Bertz CT molecular complexity index is 287. The lowest BCUT2D eigenvalue weighted by atomic mass is 10.7. The van der Waals surface area contributed by atoms with Crippen molar-refractivity contribution in [3.8, 4) is 0 Å². The van der Waals surface area contributed by atoms with Crippen LogP contribution in [0.1, 0.15) is 4.79 Å². The average Bonchev–Trinajstić information content (AvgIpc) is 2.35. The Hall–Kier alpha value is -1.52. The van der Waals surface area contributed by atoms with Gasteiger partial charge in [-0.05, 0) is 0 Å². The van der Waals surface area contributed by atoms with Gasteiger partial charge in [0.2, 0.25) is 0 Å². The first-order valence-electron chi connectivity index (χ1n) is 2.36. The first-order valence-corrected chi connectivity index (χ1v) is 2.36. The topological polar surface area (TPSA) is 60.1 Å². The van der Waals surface area contributed by atoms with Crippen LogP contribution in [0.4, 0.5) is 5.95 Å². The maximum atomic E-state index is 10.6. The summed E-state index contributed by atoms with van der Waals surface area (Å²) in [5.74, 6) is 0.127. The molecule has 0 N–H and O–H groups in total. The molecule has 0 spiro atoms. The standard InChI is InChI=1S/C4H2N4O/c9-3-1-5-4-6-2-7-8(3)4/h1-2H. The van der Waals surface area contributed by atoms with E-state index in [2.05, 4.69) is 15.1 Å². The normalized spacial score (nSPS) is 14.4. The van der Waals surface area contributed by atoms with Crippen LogP contribution in [-0.2, 0) is 0 Å². The van der Waals surface area contributed by atoms with Gasteiger partial charge in [-0.25, -0.2) is 4.99 Å². The fourth-order valence-electron chi connectivity index (χ4n) is 0.647. The molecule has 0 unspecified atom stereocenters. The summed E-state index contributed by atoms with van der Waals surface area (Å²) >= 11 is 0. The quantitative estimate of drug-likeness (QED) is 0.471. The summed E-state index contributed by atoms with van der Waals surface area (Å²) in [7, 11) is 0. The van der Waals surface area contributed by atoms with Crippen LogP contribution in [0.5, 0.6) is 0 Å². The largest absolute Gasteiger partial charge is 0.292 e. The Morgan fingerprint density at radius 1 is 1.56 bits per heavy atom. The van der Waals surface area contributed by atoms with E-state index in [9.17, 15) is 4.79 Å². The van der Waals surface area contributed by atoms with Gasteiger partial charge in [0, 0.05) is 0 Å². The highest BCUT2D eigenvalue weighted by Gasteiger charge is 2.14. The van der Waals surface area contributed by atoms with E-state index < -0.39 is 0 Å². The fourth-order valence-corrected chi connectivity index (χ4v) is 0.647. The van der Waals surface area contributed by atoms with Gasteiger partial charge in [-0.3, -0.25) is 4.79 Å². The van der Waals surface area contributed by atoms with Gasteiger partial charge in [0.1, 0.15) is 6.33 Å². The van der Waals surface area contributed by atoms with E-state index in [0.29, 0.717) is 5.95 Å². The first-order chi connectivity index (χ1) is 4.38. The smallest absolute Gasteiger partial charge is 0.266 e. The predicted octanol–water partition coefficient (Wildman–Crippen LogP) is -0.366. The van der Waals surface area contributed by atoms with Gasteiger partial charge in [-0.15, -0.1) is 5.10 Å². The minimum Gasteiger partial charge on any atom is -0.266 e. The third-order valence-corrected chi connectivity index (χ3v) is 1.03. The SMILES string of the molecule is O=C1C=Nc2ncnn21. The minimum absolute atomic E-state index is 0.234. The lowest BCUT2D eigenvalue weighted by molar-refractivity contribution is 0.0989. The molecular weight excluding hydrogens is 120 g/mol. The van der Waals surface area contributed by atoms with Gasteiger partial charge in [0.25, 0.3) is 11.9 Å². The molecule has 44 valence electrons. The van der Waals surface area contributed by atoms with Crippen LogP contribution < -0.4 is 0 Å². The number of fused-ring (bicyclic) bond motifs is 1. The molecule has 0 saturated heterocycles. The van der Waals surface area contributed by atoms with Crippen LogP contribution >= 0.6 is 0 Å². The summed E-state index contributed by atoms with van der Waals surface area (Å²) in [6.45, 7) is 0. The maximum absolute atomic E-state index is 10.6. The van der Waals surface area contributed by atoms with E-state index in [1.165, 1.54) is 12.5 Å². The molecule has 9 heavy (non-hydrogen) atoms. The maximum Gasteiger partial charge on any atom is 0.292 e. The van der Waals surface area contributed by atoms with E-state index in [-0.39, 0.29) is 5.91 Å². The van der Waals surface area contributed by atoms with Crippen molar-refractivity contribution in [2.45, 2.75) is 0 Å². The van der Waals surface area contributed by atoms with E-state index >= 15 is 0 Å². The Morgan fingerprint density at radius 3 is 3.22 bits per heavy atom. The molecule has 0 aromatic carbocycles. The van der Waals surface area contributed by atoms with Crippen molar-refractivity contribution in [1.29, 1.82) is 0 Å². The summed E-state index contributed by atoms with van der Waals surface area (Å²) in [5, 5.41) is 3.61. The summed E-state index contributed by atoms with van der Waals surface area (Å²) in [6, 6.07) is 0. The third-order valence-electron chi connectivity index (χ3n) is 1.03. The van der Waals surface area contributed by atoms with Crippen LogP contribution in [0.25, 0.3) is 0 Å². The van der Waals surface area contributed by atoms with Crippen molar-refractivity contribution in [2.75, 3.05) is 0 Å². The second kappa shape index (κ2) is 1.25. The number of rotatable bonds is 0. The Balaban J connectivity index is 2.73. The van der Waals surface area contributed by atoms with Crippen LogP contribution in [-0.4, -0.2) is 26.9 Å². The van der Waals surface area contributed by atoms with E-state index in [4.69, 9.17) is 0 Å². The van der Waals surface area contributed by atoms with Crippen LogP contribution in [0.3, 0.4) is 0 Å². The summed E-state index contributed by atoms with van der Waals surface area (Å²) in [4.78, 5) is 18.0. The zero-order valence-corrected chi connectivity index (χ0v) is 4.35. The van der Waals surface area contributed by atoms with E-state index in [1.807, 2.05) is 0 Å². The molecule has 5 heteroatoms. The van der Waals surface area contributed by atoms with Crippen molar-refractivity contribution < 1.29 is 4.79 Å². The molecule has 0 saturated carbocycles. The number of carbonyl (C=O) groups excluding carboxylic acids is 1. The minimum atomic E-state index is -0.234. The van der Waals surface area contributed by atoms with Crippen LogP contribution in [0.15, 0.2) is 11.3 Å². The molecule has 1 aromatic rings. The van der Waals surface area contributed by atoms with Gasteiger partial charge >= 0.3 is 0 Å². The Morgan fingerprint density at radius 2 is 2.44 bits per heavy atom. The highest BCUT2D eigenvalue weighted by Crippen LogP contribution is 2.08. The first kappa shape index (κ1) is 4.37. The molecule has 0 atom stereocenters. The summed E-state index contributed by atoms with van der Waals surface area (Å²) in [5.41, 5.74) is 0. The van der Waals surface area contributed by atoms with Crippen molar-refractivity contribution in [3.05, 3.63) is 6.33 Å². The monoisotopic (exact) mass is 122 g/mol. The molecule has 2 heterocycles. The number of aromatic nitrogens is 3.